The fourth-order valence-electron chi connectivity index (χ4n) is 4.57. The van der Waals surface area contributed by atoms with Crippen molar-refractivity contribution in [3.05, 3.63) is 96.7 Å². The molecular weight excluding hydrogens is 621 g/mol. The second-order valence-corrected chi connectivity index (χ2v) is 10.6. The molecule has 4 N–H and O–H groups in total. The lowest BCUT2D eigenvalue weighted by molar-refractivity contribution is -0.148. The summed E-state index contributed by atoms with van der Waals surface area (Å²) in [6, 6.07) is 8.78. The van der Waals surface area contributed by atoms with Gasteiger partial charge in [-0.05, 0) is 81.9 Å². The van der Waals surface area contributed by atoms with E-state index in [1.54, 1.807) is 6.08 Å². The van der Waals surface area contributed by atoms with E-state index in [4.69, 9.17) is 20.1 Å². The minimum absolute atomic E-state index is 0.135. The Bertz CT molecular complexity index is 1000. The predicted octanol–water partition coefficient (Wildman–Crippen LogP) is 9.85. The van der Waals surface area contributed by atoms with Gasteiger partial charge in [0.2, 0.25) is 5.91 Å². The van der Waals surface area contributed by atoms with E-state index in [1.807, 2.05) is 64.7 Å². The summed E-state index contributed by atoms with van der Waals surface area (Å²) in [5, 5.41) is 34.0. The number of aliphatic hydroxyl groups is 3. The molecule has 1 aromatic carbocycles. The van der Waals surface area contributed by atoms with Crippen molar-refractivity contribution >= 4 is 12.4 Å². The number of rotatable bonds is 16. The maximum atomic E-state index is 11.9. The number of likely N-dealkylation sites (tertiary alicyclic amines) is 1. The number of alkyl halides is 1. The number of carbonyl (C=O) groups excluding carboxylic acids is 1. The second-order valence-electron chi connectivity index (χ2n) is 10.6. The molecule has 1 aliphatic rings. The maximum absolute atomic E-state index is 11.9. The molecule has 8 heteroatoms. The number of benzene rings is 1. The van der Waals surface area contributed by atoms with E-state index < -0.39 is 19.1 Å². The fourth-order valence-corrected chi connectivity index (χ4v) is 4.57. The Morgan fingerprint density at radius 2 is 1.59 bits per heavy atom. The molecule has 0 bridgehead atoms. The molecule has 0 aliphatic carbocycles. The van der Waals surface area contributed by atoms with Crippen LogP contribution in [0, 0.1) is 0 Å². The third-order valence-electron chi connectivity index (χ3n) is 6.91. The number of aryl methyl sites for hydroxylation is 1. The van der Waals surface area contributed by atoms with Crippen LogP contribution in [0.15, 0.2) is 85.5 Å². The fraction of sp³-hybridized carbons (Fsp3) is 0.561. The van der Waals surface area contributed by atoms with Gasteiger partial charge in [0.25, 0.3) is 6.47 Å². The molecule has 0 spiro atoms. The highest BCUT2D eigenvalue weighted by atomic mass is 19.1. The van der Waals surface area contributed by atoms with Gasteiger partial charge in [-0.2, -0.15) is 0 Å². The lowest BCUT2D eigenvalue weighted by Gasteiger charge is -2.44. The number of β-lactam (4-membered cyclic amide) rings is 1. The molecule has 0 aromatic heterocycles. The largest absolute Gasteiger partial charge is 0.483 e. The van der Waals surface area contributed by atoms with E-state index in [2.05, 4.69) is 63.4 Å². The molecule has 282 valence electrons. The van der Waals surface area contributed by atoms with Gasteiger partial charge in [0.15, 0.2) is 6.29 Å². The molecule has 1 heterocycles. The summed E-state index contributed by atoms with van der Waals surface area (Å²) in [4.78, 5) is 22.2. The van der Waals surface area contributed by atoms with Crippen molar-refractivity contribution in [1.29, 1.82) is 0 Å². The average Bonchev–Trinajstić information content (AvgIpc) is 3.10. The van der Waals surface area contributed by atoms with Crippen molar-refractivity contribution in [3.63, 3.8) is 0 Å². The van der Waals surface area contributed by atoms with E-state index in [9.17, 15) is 14.3 Å². The maximum Gasteiger partial charge on any atom is 0.290 e. The smallest absolute Gasteiger partial charge is 0.290 e. The monoisotopic (exact) mass is 692 g/mol. The van der Waals surface area contributed by atoms with Gasteiger partial charge < -0.3 is 25.3 Å². The zero-order chi connectivity index (χ0) is 38.5. The topological polar surface area (TPSA) is 118 Å². The highest BCUT2D eigenvalue weighted by molar-refractivity contribution is 5.84. The van der Waals surface area contributed by atoms with Gasteiger partial charge >= 0.3 is 0 Å². The van der Waals surface area contributed by atoms with E-state index in [-0.39, 0.29) is 24.5 Å². The summed E-state index contributed by atoms with van der Waals surface area (Å²) < 4.78 is 11.8. The van der Waals surface area contributed by atoms with E-state index in [0.29, 0.717) is 19.3 Å². The van der Waals surface area contributed by atoms with E-state index in [1.165, 1.54) is 36.5 Å². The standard InChI is InChI=1S/C19H27NO3.C10H17FO.C7H14.C2H6.C2H4.CH2O2/c1-3-6-14(2)20-17(13-18(20)21)16-11-9-15(10-12-16)7-4-5-8-19(22)23;1-3-6-9(7-5-8-11)10(12)4-2;1-3-5-7-6-4-2;2*1-2;2-1-3/h3,6,9-12,14,17,19,22-23H,4-5,7-8,13H2,1-2H3;5-7,10,12H,3-4,8H2,1-2H3;5,7H,3-4,6H2,1-2H3;1-2H3;1-2H2;1H,(H,2,3)/b6-3-;7-5-,9-6+;7-5+;;;/t;10-;;;;/m.0..../s1. The van der Waals surface area contributed by atoms with Gasteiger partial charge in [0.1, 0.15) is 6.67 Å². The van der Waals surface area contributed by atoms with Crippen molar-refractivity contribution in [3.8, 4) is 0 Å². The van der Waals surface area contributed by atoms with Crippen molar-refractivity contribution in [2.45, 2.75) is 144 Å². The van der Waals surface area contributed by atoms with Gasteiger partial charge in [0.05, 0.1) is 18.6 Å². The van der Waals surface area contributed by atoms with Gasteiger partial charge in [-0.25, -0.2) is 4.39 Å². The lowest BCUT2D eigenvalue weighted by Crippen LogP contribution is -2.50. The van der Waals surface area contributed by atoms with Crippen molar-refractivity contribution in [2.24, 2.45) is 0 Å². The quantitative estimate of drug-likeness (QED) is 0.0342. The molecule has 1 aromatic rings. The Hall–Kier alpha value is -3.33. The predicted molar refractivity (Wildman–Crippen MR) is 206 cm³/mol. The molecule has 1 aliphatic heterocycles. The number of carboxylic acid groups (broad SMARTS) is 1. The SMILES string of the molecule is C/C=C\C(C)N1C(=O)CC1c1ccc(CCCCC(O)O)cc1.C=C.CC.CC/C=C(\C=C/CF)[C@@H](O)CC.CC/C=C/CCC.O=CO. The number of amides is 1. The van der Waals surface area contributed by atoms with Gasteiger partial charge in [-0.1, -0.05) is 115 Å². The molecular formula is C41H70FNO6. The molecule has 1 saturated heterocycles. The van der Waals surface area contributed by atoms with E-state index in [0.717, 1.165) is 31.3 Å². The summed E-state index contributed by atoms with van der Waals surface area (Å²) in [6.45, 7) is 21.5. The summed E-state index contributed by atoms with van der Waals surface area (Å²) in [5.74, 6) is 0.215. The second kappa shape index (κ2) is 39.1. The van der Waals surface area contributed by atoms with Crippen molar-refractivity contribution < 1.29 is 34.4 Å². The minimum atomic E-state index is -1.20. The van der Waals surface area contributed by atoms with E-state index >= 15 is 0 Å². The highest BCUT2D eigenvalue weighted by Gasteiger charge is 2.39. The Morgan fingerprint density at radius 1 is 1.00 bits per heavy atom. The Kier molecular flexibility index (Phi) is 41.9. The molecule has 2 rings (SSSR count). The van der Waals surface area contributed by atoms with Crippen LogP contribution in [0.5, 0.6) is 0 Å². The Balaban J connectivity index is -0.000000326. The number of unbranched alkanes of at least 4 members (excludes halogenated alkanes) is 2. The van der Waals surface area contributed by atoms with Crippen LogP contribution in [0.2, 0.25) is 0 Å². The molecule has 49 heavy (non-hydrogen) atoms. The number of hydrogen-bond donors (Lipinski definition) is 4. The first-order chi connectivity index (χ1) is 23.6. The third-order valence-corrected chi connectivity index (χ3v) is 6.91. The Morgan fingerprint density at radius 3 is 2.02 bits per heavy atom. The number of allylic oxidation sites excluding steroid dienone is 5. The van der Waals surface area contributed by atoms with Crippen LogP contribution in [-0.4, -0.2) is 62.8 Å². The van der Waals surface area contributed by atoms with Gasteiger partial charge in [-0.3, -0.25) is 9.59 Å². The first-order valence-corrected chi connectivity index (χ1v) is 17.8. The summed E-state index contributed by atoms with van der Waals surface area (Å²) in [7, 11) is 0. The zero-order valence-corrected chi connectivity index (χ0v) is 31.9. The molecule has 2 unspecified atom stereocenters. The van der Waals surface area contributed by atoms with Crippen LogP contribution < -0.4 is 0 Å². The van der Waals surface area contributed by atoms with Crippen molar-refractivity contribution in [2.75, 3.05) is 6.67 Å². The summed E-state index contributed by atoms with van der Waals surface area (Å²) >= 11 is 0. The van der Waals surface area contributed by atoms with Crippen LogP contribution in [0.4, 0.5) is 4.39 Å². The minimum Gasteiger partial charge on any atom is -0.483 e. The summed E-state index contributed by atoms with van der Waals surface area (Å²) in [6.07, 6.45) is 20.8. The molecule has 1 fully saturated rings. The van der Waals surface area contributed by atoms with Crippen LogP contribution in [0.3, 0.4) is 0 Å². The first-order valence-electron chi connectivity index (χ1n) is 17.8. The average molecular weight is 692 g/mol. The highest BCUT2D eigenvalue weighted by Crippen LogP contribution is 2.36. The van der Waals surface area contributed by atoms with Crippen LogP contribution in [0.1, 0.15) is 130 Å². The normalized spacial score (nSPS) is 14.9. The zero-order valence-electron chi connectivity index (χ0n) is 31.9. The third kappa shape index (κ3) is 28.2. The summed E-state index contributed by atoms with van der Waals surface area (Å²) in [5.41, 5.74) is 3.26. The molecule has 7 nitrogen and oxygen atoms in total. The van der Waals surface area contributed by atoms with Crippen LogP contribution >= 0.6 is 0 Å². The van der Waals surface area contributed by atoms with Gasteiger partial charge in [0, 0.05) is 6.04 Å². The number of carbonyl (C=O) groups is 2. The molecule has 3 atom stereocenters. The molecule has 0 saturated carbocycles. The lowest BCUT2D eigenvalue weighted by atomic mass is 9.91. The van der Waals surface area contributed by atoms with Crippen molar-refractivity contribution in [1.82, 2.24) is 4.90 Å². The molecule has 0 radical (unpaired) electrons. The Labute approximate surface area is 298 Å². The number of aliphatic hydroxyl groups excluding tert-OH is 2. The van der Waals surface area contributed by atoms with Crippen LogP contribution in [0.25, 0.3) is 0 Å². The number of nitrogens with zero attached hydrogens (tertiary/aromatic N) is 1. The number of halogens is 1. The first kappa shape index (κ1) is 52.5. The number of hydrogen-bond acceptors (Lipinski definition) is 5. The van der Waals surface area contributed by atoms with Crippen LogP contribution in [-0.2, 0) is 16.0 Å². The van der Waals surface area contributed by atoms with Gasteiger partial charge in [-0.15, -0.1) is 13.2 Å². The molecule has 1 amide bonds.